The van der Waals surface area contributed by atoms with Gasteiger partial charge in [-0.2, -0.15) is 0 Å². The first-order valence-electron chi connectivity index (χ1n) is 5.88. The molecule has 16 heavy (non-hydrogen) atoms. The number of carbonyl (C=O) groups excluding carboxylic acids is 1. The largest absolute Gasteiger partial charge is 0.316 e. The smallest absolute Gasteiger partial charge is 0.145 e. The Morgan fingerprint density at radius 3 is 3.12 bits per heavy atom. The van der Waals surface area contributed by atoms with Crippen molar-refractivity contribution in [3.63, 3.8) is 0 Å². The van der Waals surface area contributed by atoms with E-state index in [2.05, 4.69) is 17.2 Å². The summed E-state index contributed by atoms with van der Waals surface area (Å²) in [6, 6.07) is 0. The van der Waals surface area contributed by atoms with Gasteiger partial charge < -0.3 is 5.32 Å². The third-order valence-corrected chi connectivity index (χ3v) is 4.16. The van der Waals surface area contributed by atoms with Crippen LogP contribution in [0.5, 0.6) is 0 Å². The van der Waals surface area contributed by atoms with Crippen molar-refractivity contribution in [2.75, 3.05) is 13.1 Å². The Bertz CT molecular complexity index is 342. The summed E-state index contributed by atoms with van der Waals surface area (Å²) in [5, 5.41) is 3.33. The van der Waals surface area contributed by atoms with Crippen molar-refractivity contribution in [3.05, 3.63) is 16.6 Å². The summed E-state index contributed by atoms with van der Waals surface area (Å²) in [6.07, 6.45) is 5.46. The molecule has 4 heteroatoms. The van der Waals surface area contributed by atoms with E-state index in [1.807, 2.05) is 6.20 Å². The van der Waals surface area contributed by atoms with Gasteiger partial charge in [-0.3, -0.25) is 9.78 Å². The lowest BCUT2D eigenvalue weighted by molar-refractivity contribution is -0.127. The van der Waals surface area contributed by atoms with E-state index < -0.39 is 0 Å². The number of hydrogen-bond donors (Lipinski definition) is 1. The fraction of sp³-hybridized carbons (Fsp3) is 0.667. The highest BCUT2D eigenvalue weighted by molar-refractivity contribution is 7.09. The molecule has 0 bridgehead atoms. The van der Waals surface area contributed by atoms with E-state index in [-0.39, 0.29) is 5.41 Å². The summed E-state index contributed by atoms with van der Waals surface area (Å²) in [6.45, 7) is 3.99. The van der Waals surface area contributed by atoms with Gasteiger partial charge in [0.05, 0.1) is 5.51 Å². The van der Waals surface area contributed by atoms with E-state index in [4.69, 9.17) is 0 Å². The molecule has 0 aliphatic carbocycles. The van der Waals surface area contributed by atoms with Crippen molar-refractivity contribution < 1.29 is 4.79 Å². The van der Waals surface area contributed by atoms with Crippen LogP contribution in [0.25, 0.3) is 0 Å². The normalized spacial score (nSPS) is 24.8. The predicted molar refractivity (Wildman–Crippen MR) is 65.7 cm³/mol. The molecule has 1 aliphatic rings. The topological polar surface area (TPSA) is 42.0 Å². The lowest BCUT2D eigenvalue weighted by Gasteiger charge is -2.25. The van der Waals surface area contributed by atoms with Gasteiger partial charge in [0.25, 0.3) is 0 Å². The van der Waals surface area contributed by atoms with Crippen LogP contribution in [0.2, 0.25) is 0 Å². The number of thiazole rings is 1. The van der Waals surface area contributed by atoms with Gasteiger partial charge in [-0.05, 0) is 19.4 Å². The zero-order valence-corrected chi connectivity index (χ0v) is 10.5. The molecule has 1 aliphatic heterocycles. The third-order valence-electron chi connectivity index (χ3n) is 3.38. The lowest BCUT2D eigenvalue weighted by Crippen LogP contribution is -2.34. The molecule has 1 aromatic rings. The maximum absolute atomic E-state index is 12.4. The molecule has 0 amide bonds. The molecule has 0 saturated carbocycles. The second-order valence-corrected chi connectivity index (χ2v) is 5.50. The molecule has 88 valence electrons. The van der Waals surface area contributed by atoms with Crippen molar-refractivity contribution in [3.8, 4) is 0 Å². The molecule has 1 saturated heterocycles. The quantitative estimate of drug-likeness (QED) is 0.853. The standard InChI is InChI=1S/C12H18N2OS/c1-2-3-12(4-5-13-8-12)11(15)6-10-7-14-9-16-10/h7,9,13H,2-6,8H2,1H3. The maximum atomic E-state index is 12.4. The van der Waals surface area contributed by atoms with Crippen LogP contribution < -0.4 is 5.32 Å². The summed E-state index contributed by atoms with van der Waals surface area (Å²) in [5.41, 5.74) is 1.70. The number of hydrogen-bond acceptors (Lipinski definition) is 4. The fourth-order valence-corrected chi connectivity index (χ4v) is 3.08. The van der Waals surface area contributed by atoms with Gasteiger partial charge in [0.1, 0.15) is 5.78 Å². The second-order valence-electron chi connectivity index (χ2n) is 4.52. The molecular weight excluding hydrogens is 220 g/mol. The van der Waals surface area contributed by atoms with Crippen LogP contribution in [0.4, 0.5) is 0 Å². The summed E-state index contributed by atoms with van der Waals surface area (Å²) in [7, 11) is 0. The van der Waals surface area contributed by atoms with Crippen molar-refractivity contribution in [1.82, 2.24) is 10.3 Å². The van der Waals surface area contributed by atoms with Gasteiger partial charge in [-0.15, -0.1) is 11.3 Å². The molecule has 1 unspecified atom stereocenters. The van der Waals surface area contributed by atoms with E-state index in [9.17, 15) is 4.79 Å². The van der Waals surface area contributed by atoms with Gasteiger partial charge in [0.15, 0.2) is 0 Å². The summed E-state index contributed by atoms with van der Waals surface area (Å²) in [5.74, 6) is 0.392. The number of nitrogens with zero attached hydrogens (tertiary/aromatic N) is 1. The van der Waals surface area contributed by atoms with Crippen LogP contribution in [0, 0.1) is 5.41 Å². The van der Waals surface area contributed by atoms with Crippen LogP contribution in [-0.2, 0) is 11.2 Å². The van der Waals surface area contributed by atoms with Crippen LogP contribution in [0.1, 0.15) is 31.1 Å². The van der Waals surface area contributed by atoms with Crippen LogP contribution in [-0.4, -0.2) is 23.9 Å². The zero-order chi connectivity index (χ0) is 11.4. The molecule has 3 nitrogen and oxygen atoms in total. The number of ketones is 1. The van der Waals surface area contributed by atoms with Gasteiger partial charge in [-0.1, -0.05) is 13.3 Å². The first-order chi connectivity index (χ1) is 7.77. The average molecular weight is 238 g/mol. The SMILES string of the molecule is CCCC1(C(=O)Cc2cncs2)CCNC1. The Kier molecular flexibility index (Phi) is 3.71. The summed E-state index contributed by atoms with van der Waals surface area (Å²) < 4.78 is 0. The Balaban J connectivity index is 2.05. The van der Waals surface area contributed by atoms with E-state index in [1.165, 1.54) is 0 Å². The van der Waals surface area contributed by atoms with E-state index >= 15 is 0 Å². The van der Waals surface area contributed by atoms with Gasteiger partial charge in [0.2, 0.25) is 0 Å². The highest BCUT2D eigenvalue weighted by Crippen LogP contribution is 2.33. The van der Waals surface area contributed by atoms with Gasteiger partial charge >= 0.3 is 0 Å². The molecule has 2 heterocycles. The van der Waals surface area contributed by atoms with Crippen LogP contribution in [0.3, 0.4) is 0 Å². The minimum atomic E-state index is -0.0985. The highest BCUT2D eigenvalue weighted by atomic mass is 32.1. The Hall–Kier alpha value is -0.740. The zero-order valence-electron chi connectivity index (χ0n) is 9.66. The van der Waals surface area contributed by atoms with E-state index in [1.54, 1.807) is 16.8 Å². The third kappa shape index (κ3) is 2.33. The van der Waals surface area contributed by atoms with Crippen molar-refractivity contribution in [1.29, 1.82) is 0 Å². The molecule has 2 rings (SSSR count). The Labute approximate surface area is 100 Å². The first kappa shape index (κ1) is 11.7. The molecule has 1 fully saturated rings. The van der Waals surface area contributed by atoms with Crippen LogP contribution >= 0.6 is 11.3 Å². The fourth-order valence-electron chi connectivity index (χ4n) is 2.49. The molecule has 1 aromatic heterocycles. The summed E-state index contributed by atoms with van der Waals surface area (Å²) in [4.78, 5) is 17.5. The van der Waals surface area contributed by atoms with E-state index in [0.29, 0.717) is 12.2 Å². The molecule has 0 spiro atoms. The minimum Gasteiger partial charge on any atom is -0.316 e. The van der Waals surface area contributed by atoms with Crippen molar-refractivity contribution >= 4 is 17.1 Å². The number of rotatable bonds is 5. The number of Topliss-reactive ketones (excluding diaryl/α,β-unsaturated/α-hetero) is 1. The van der Waals surface area contributed by atoms with Crippen molar-refractivity contribution in [2.24, 2.45) is 5.41 Å². The van der Waals surface area contributed by atoms with Crippen molar-refractivity contribution in [2.45, 2.75) is 32.6 Å². The molecule has 1 atom stereocenters. The number of aromatic nitrogens is 1. The minimum absolute atomic E-state index is 0.0985. The molecule has 0 radical (unpaired) electrons. The van der Waals surface area contributed by atoms with Crippen LogP contribution in [0.15, 0.2) is 11.7 Å². The second kappa shape index (κ2) is 5.06. The molecule has 0 aromatic carbocycles. The van der Waals surface area contributed by atoms with Gasteiger partial charge in [0, 0.05) is 29.5 Å². The van der Waals surface area contributed by atoms with E-state index in [0.717, 1.165) is 37.2 Å². The predicted octanol–water partition coefficient (Wildman–Crippen LogP) is 2.03. The highest BCUT2D eigenvalue weighted by Gasteiger charge is 2.39. The monoisotopic (exact) mass is 238 g/mol. The molecular formula is C12H18N2OS. The first-order valence-corrected chi connectivity index (χ1v) is 6.76. The summed E-state index contributed by atoms with van der Waals surface area (Å²) >= 11 is 1.57. The average Bonchev–Trinajstić information content (AvgIpc) is 2.89. The number of carbonyl (C=O) groups is 1. The van der Waals surface area contributed by atoms with Gasteiger partial charge in [-0.25, -0.2) is 0 Å². The lowest BCUT2D eigenvalue weighted by atomic mass is 9.77. The number of nitrogens with one attached hydrogen (secondary N) is 1. The maximum Gasteiger partial charge on any atom is 0.145 e. The Morgan fingerprint density at radius 2 is 2.56 bits per heavy atom. The molecule has 1 N–H and O–H groups in total. The Morgan fingerprint density at radius 1 is 1.69 bits per heavy atom.